The number of aldehydes is 2. The number of hydrogen-bond donors (Lipinski definition) is 0. The summed E-state index contributed by atoms with van der Waals surface area (Å²) in [6.45, 7) is 5.88. The summed E-state index contributed by atoms with van der Waals surface area (Å²) in [5.41, 5.74) is -2.31. The average molecular weight is 272 g/mol. The monoisotopic (exact) mass is 272 g/mol. The van der Waals surface area contributed by atoms with Gasteiger partial charge in [0.15, 0.2) is 23.8 Å². The second kappa shape index (κ2) is 7.01. The van der Waals surface area contributed by atoms with Crippen molar-refractivity contribution in [2.75, 3.05) is 0 Å². The number of carbonyl (C=O) groups is 4. The third-order valence-corrected chi connectivity index (χ3v) is 2.08. The van der Waals surface area contributed by atoms with Crippen molar-refractivity contribution in [1.29, 1.82) is 0 Å². The zero-order valence-corrected chi connectivity index (χ0v) is 11.7. The largest absolute Gasteiger partial charge is 0.452 e. The highest BCUT2D eigenvalue weighted by molar-refractivity contribution is 5.76. The van der Waals surface area contributed by atoms with Gasteiger partial charge < -0.3 is 9.47 Å². The summed E-state index contributed by atoms with van der Waals surface area (Å²) in [6, 6.07) is 0. The fourth-order valence-corrected chi connectivity index (χ4v) is 1.11. The number of hydrogen-bond acceptors (Lipinski definition) is 6. The van der Waals surface area contributed by atoms with Crippen molar-refractivity contribution in [3.8, 4) is 0 Å². The van der Waals surface area contributed by atoms with Crippen molar-refractivity contribution in [2.24, 2.45) is 0 Å². The van der Waals surface area contributed by atoms with Gasteiger partial charge in [0.2, 0.25) is 0 Å². The van der Waals surface area contributed by atoms with Crippen molar-refractivity contribution >= 4 is 24.5 Å². The third kappa shape index (κ3) is 8.07. The standard InChI is InChI=1S/C13H20O6/c1-12(2,8-14)18-10(16)6-5-7-11(17)19-13(3,4)9-15/h8-9H,5-7H2,1-4H3. The molecule has 6 heteroatoms. The van der Waals surface area contributed by atoms with E-state index >= 15 is 0 Å². The van der Waals surface area contributed by atoms with Crippen LogP contribution in [0, 0.1) is 0 Å². The quantitative estimate of drug-likeness (QED) is 0.487. The van der Waals surface area contributed by atoms with E-state index < -0.39 is 23.1 Å². The van der Waals surface area contributed by atoms with Crippen LogP contribution in [0.25, 0.3) is 0 Å². The minimum atomic E-state index is -1.16. The van der Waals surface area contributed by atoms with E-state index in [1.54, 1.807) is 0 Å². The second-order valence-electron chi connectivity index (χ2n) is 5.24. The minimum Gasteiger partial charge on any atom is -0.452 e. The van der Waals surface area contributed by atoms with E-state index in [2.05, 4.69) is 0 Å². The fraction of sp³-hybridized carbons (Fsp3) is 0.692. The van der Waals surface area contributed by atoms with Crippen LogP contribution < -0.4 is 0 Å². The van der Waals surface area contributed by atoms with Gasteiger partial charge in [-0.25, -0.2) is 0 Å². The molecule has 0 aliphatic heterocycles. The summed E-state index contributed by atoms with van der Waals surface area (Å²) in [4.78, 5) is 43.8. The minimum absolute atomic E-state index is 0.00783. The van der Waals surface area contributed by atoms with E-state index in [0.29, 0.717) is 12.6 Å². The van der Waals surface area contributed by atoms with Gasteiger partial charge in [-0.1, -0.05) is 0 Å². The molecule has 0 aromatic rings. The predicted molar refractivity (Wildman–Crippen MR) is 66.3 cm³/mol. The SMILES string of the molecule is CC(C)(C=O)OC(=O)CCCC(=O)OC(C)(C)C=O. The van der Waals surface area contributed by atoms with Gasteiger partial charge >= 0.3 is 11.9 Å². The molecule has 0 saturated heterocycles. The van der Waals surface area contributed by atoms with Crippen LogP contribution in [0.5, 0.6) is 0 Å². The Hall–Kier alpha value is -1.72. The molecule has 6 nitrogen and oxygen atoms in total. The van der Waals surface area contributed by atoms with Crippen LogP contribution in [-0.2, 0) is 28.7 Å². The highest BCUT2D eigenvalue weighted by atomic mass is 16.6. The lowest BCUT2D eigenvalue weighted by atomic mass is 10.1. The molecule has 0 aromatic heterocycles. The maximum atomic E-state index is 11.4. The first kappa shape index (κ1) is 17.3. The van der Waals surface area contributed by atoms with E-state index in [9.17, 15) is 19.2 Å². The molecular formula is C13H20O6. The van der Waals surface area contributed by atoms with Gasteiger partial charge in [-0.15, -0.1) is 0 Å². The Labute approximate surface area is 112 Å². The molecule has 0 amide bonds. The summed E-state index contributed by atoms with van der Waals surface area (Å²) in [5.74, 6) is -1.11. The molecule has 0 atom stereocenters. The highest BCUT2D eigenvalue weighted by Gasteiger charge is 2.23. The van der Waals surface area contributed by atoms with E-state index in [1.807, 2.05) is 0 Å². The van der Waals surface area contributed by atoms with Crippen molar-refractivity contribution in [1.82, 2.24) is 0 Å². The maximum Gasteiger partial charge on any atom is 0.306 e. The Kier molecular flexibility index (Phi) is 6.38. The van der Waals surface area contributed by atoms with Gasteiger partial charge in [0, 0.05) is 12.8 Å². The molecule has 108 valence electrons. The number of ether oxygens (including phenoxy) is 2. The number of carbonyl (C=O) groups excluding carboxylic acids is 4. The molecule has 0 aliphatic rings. The van der Waals surface area contributed by atoms with Crippen molar-refractivity contribution in [3.63, 3.8) is 0 Å². The fourth-order valence-electron chi connectivity index (χ4n) is 1.11. The Balaban J connectivity index is 3.98. The topological polar surface area (TPSA) is 86.7 Å². The summed E-state index contributed by atoms with van der Waals surface area (Å²) in [5, 5.41) is 0. The Morgan fingerprint density at radius 2 is 1.16 bits per heavy atom. The van der Waals surface area contributed by atoms with E-state index in [1.165, 1.54) is 27.7 Å². The van der Waals surface area contributed by atoms with Gasteiger partial charge in [-0.05, 0) is 34.1 Å². The molecule has 0 heterocycles. The van der Waals surface area contributed by atoms with Crippen LogP contribution in [0.15, 0.2) is 0 Å². The summed E-state index contributed by atoms with van der Waals surface area (Å²) in [6.07, 6.45) is 1.32. The predicted octanol–water partition coefficient (Wildman–Crippen LogP) is 1.20. The molecule has 0 saturated carbocycles. The lowest BCUT2D eigenvalue weighted by Gasteiger charge is -2.19. The molecule has 0 N–H and O–H groups in total. The van der Waals surface area contributed by atoms with Crippen LogP contribution in [0.2, 0.25) is 0 Å². The first-order chi connectivity index (χ1) is 8.62. The molecule has 0 aromatic carbocycles. The molecule has 0 fully saturated rings. The van der Waals surface area contributed by atoms with Crippen LogP contribution in [-0.4, -0.2) is 35.7 Å². The molecular weight excluding hydrogens is 252 g/mol. The molecule has 0 aliphatic carbocycles. The summed E-state index contributed by atoms with van der Waals surface area (Å²) < 4.78 is 9.75. The summed E-state index contributed by atoms with van der Waals surface area (Å²) >= 11 is 0. The van der Waals surface area contributed by atoms with Crippen LogP contribution in [0.1, 0.15) is 47.0 Å². The molecule has 0 unspecified atom stereocenters. The van der Waals surface area contributed by atoms with Gasteiger partial charge in [0.1, 0.15) is 0 Å². The Bertz CT molecular complexity index is 322. The first-order valence-corrected chi connectivity index (χ1v) is 5.98. The van der Waals surface area contributed by atoms with E-state index in [0.717, 1.165) is 0 Å². The molecule has 0 spiro atoms. The van der Waals surface area contributed by atoms with Gasteiger partial charge in [-0.3, -0.25) is 19.2 Å². The Morgan fingerprint density at radius 1 is 0.842 bits per heavy atom. The zero-order valence-electron chi connectivity index (χ0n) is 11.7. The zero-order chi connectivity index (χ0) is 15.1. The van der Waals surface area contributed by atoms with Gasteiger partial charge in [-0.2, -0.15) is 0 Å². The van der Waals surface area contributed by atoms with Crippen LogP contribution >= 0.6 is 0 Å². The average Bonchev–Trinajstić information content (AvgIpc) is 2.27. The smallest absolute Gasteiger partial charge is 0.306 e. The molecule has 19 heavy (non-hydrogen) atoms. The highest BCUT2D eigenvalue weighted by Crippen LogP contribution is 2.11. The normalized spacial score (nSPS) is 11.6. The Morgan fingerprint density at radius 3 is 1.42 bits per heavy atom. The third-order valence-electron chi connectivity index (χ3n) is 2.08. The molecule has 0 rings (SSSR count). The van der Waals surface area contributed by atoms with Crippen LogP contribution in [0.4, 0.5) is 0 Å². The van der Waals surface area contributed by atoms with Crippen molar-refractivity contribution in [2.45, 2.75) is 58.2 Å². The number of esters is 2. The molecule has 0 bridgehead atoms. The lowest BCUT2D eigenvalue weighted by molar-refractivity contribution is -0.161. The van der Waals surface area contributed by atoms with Crippen molar-refractivity contribution in [3.05, 3.63) is 0 Å². The van der Waals surface area contributed by atoms with Crippen molar-refractivity contribution < 1.29 is 28.7 Å². The summed E-state index contributed by atoms with van der Waals surface area (Å²) in [7, 11) is 0. The molecule has 0 radical (unpaired) electrons. The van der Waals surface area contributed by atoms with Gasteiger partial charge in [0.05, 0.1) is 0 Å². The van der Waals surface area contributed by atoms with E-state index in [-0.39, 0.29) is 19.3 Å². The second-order valence-corrected chi connectivity index (χ2v) is 5.24. The lowest BCUT2D eigenvalue weighted by Crippen LogP contribution is -2.30. The maximum absolute atomic E-state index is 11.4. The van der Waals surface area contributed by atoms with Crippen LogP contribution in [0.3, 0.4) is 0 Å². The van der Waals surface area contributed by atoms with Gasteiger partial charge in [0.25, 0.3) is 0 Å². The number of rotatable bonds is 8. The van der Waals surface area contributed by atoms with E-state index in [4.69, 9.17) is 9.47 Å². The first-order valence-electron chi connectivity index (χ1n) is 5.98.